The molecule has 1 aliphatic rings. The number of aromatic nitrogens is 3. The summed E-state index contributed by atoms with van der Waals surface area (Å²) < 4.78 is 30.1. The van der Waals surface area contributed by atoms with E-state index in [2.05, 4.69) is 19.9 Å². The van der Waals surface area contributed by atoms with E-state index in [4.69, 9.17) is 5.73 Å². The van der Waals surface area contributed by atoms with Crippen molar-refractivity contribution >= 4 is 33.3 Å². The number of piperazine rings is 1. The Bertz CT molecular complexity index is 1340. The molecule has 2 aromatic heterocycles. The molecule has 1 aliphatic heterocycles. The third kappa shape index (κ3) is 2.81. The average Bonchev–Trinajstić information content (AvgIpc) is 3.13. The molecule has 4 N–H and O–H groups in total. The van der Waals surface area contributed by atoms with Crippen molar-refractivity contribution in [3.8, 4) is 11.4 Å². The van der Waals surface area contributed by atoms with Gasteiger partial charge in [-0.2, -0.15) is 0 Å². The molecule has 154 valence electrons. The molecule has 0 aliphatic carbocycles. The topological polar surface area (TPSA) is 94.0 Å². The van der Waals surface area contributed by atoms with Gasteiger partial charge in [0, 0.05) is 37.6 Å². The van der Waals surface area contributed by atoms with Crippen molar-refractivity contribution < 1.29 is 8.78 Å². The first-order valence-corrected chi connectivity index (χ1v) is 9.66. The van der Waals surface area contributed by atoms with E-state index in [0.29, 0.717) is 37.1 Å². The minimum atomic E-state index is -0.743. The lowest BCUT2D eigenvalue weighted by Gasteiger charge is -2.34. The minimum absolute atomic E-state index is 0.0210. The predicted molar refractivity (Wildman–Crippen MR) is 114 cm³/mol. The Morgan fingerprint density at radius 1 is 1.07 bits per heavy atom. The van der Waals surface area contributed by atoms with Crippen LogP contribution < -0.4 is 16.2 Å². The molecule has 5 rings (SSSR count). The number of hydrogen-bond acceptors (Lipinski definition) is 5. The zero-order valence-corrected chi connectivity index (χ0v) is 16.3. The third-order valence-electron chi connectivity index (χ3n) is 5.66. The molecule has 0 atom stereocenters. The highest BCUT2D eigenvalue weighted by Crippen LogP contribution is 2.33. The number of hydrogen-bond donors (Lipinski definition) is 3. The fourth-order valence-electron chi connectivity index (χ4n) is 4.01. The van der Waals surface area contributed by atoms with Crippen molar-refractivity contribution in [3.63, 3.8) is 0 Å². The number of benzene rings is 2. The van der Waals surface area contributed by atoms with Crippen molar-refractivity contribution in [2.24, 2.45) is 0 Å². The van der Waals surface area contributed by atoms with Gasteiger partial charge in [0.25, 0.3) is 5.56 Å². The van der Waals surface area contributed by atoms with E-state index in [1.54, 1.807) is 29.2 Å². The molecule has 0 amide bonds. The summed E-state index contributed by atoms with van der Waals surface area (Å²) in [7, 11) is 1.97. The SMILES string of the molecule is CN1CCN(c2c(F)cc3[nH]c(-c4c(N)c5ccccc5[nH]c4=O)nc3c2F)CC1. The van der Waals surface area contributed by atoms with Crippen LogP contribution in [-0.4, -0.2) is 53.1 Å². The number of nitrogens with one attached hydrogen (secondary N) is 2. The zero-order chi connectivity index (χ0) is 21.0. The number of halogens is 2. The maximum Gasteiger partial charge on any atom is 0.261 e. The Kier molecular flexibility index (Phi) is 4.21. The number of imidazole rings is 1. The highest BCUT2D eigenvalue weighted by molar-refractivity contribution is 5.98. The van der Waals surface area contributed by atoms with Crippen molar-refractivity contribution in [2.45, 2.75) is 0 Å². The molecule has 30 heavy (non-hydrogen) atoms. The molecule has 0 saturated carbocycles. The summed E-state index contributed by atoms with van der Waals surface area (Å²) >= 11 is 0. The maximum atomic E-state index is 15.3. The van der Waals surface area contributed by atoms with E-state index in [1.807, 2.05) is 7.05 Å². The molecule has 0 radical (unpaired) electrons. The summed E-state index contributed by atoms with van der Waals surface area (Å²) in [6.07, 6.45) is 0. The van der Waals surface area contributed by atoms with Gasteiger partial charge in [-0.3, -0.25) is 4.79 Å². The number of nitrogens with two attached hydrogens (primary N) is 1. The number of para-hydroxylation sites is 1. The van der Waals surface area contributed by atoms with Crippen LogP contribution in [0.3, 0.4) is 0 Å². The number of likely N-dealkylation sites (N-methyl/N-ethyl adjacent to an activating group) is 1. The van der Waals surface area contributed by atoms with Gasteiger partial charge in [0.1, 0.15) is 22.6 Å². The molecule has 0 unspecified atom stereocenters. The minimum Gasteiger partial charge on any atom is -0.397 e. The number of pyridine rings is 1. The largest absolute Gasteiger partial charge is 0.397 e. The molecule has 0 spiro atoms. The van der Waals surface area contributed by atoms with E-state index >= 15 is 4.39 Å². The molecule has 4 aromatic rings. The zero-order valence-electron chi connectivity index (χ0n) is 16.3. The molecule has 0 bridgehead atoms. The lowest BCUT2D eigenvalue weighted by Crippen LogP contribution is -2.45. The Morgan fingerprint density at radius 2 is 1.80 bits per heavy atom. The summed E-state index contributed by atoms with van der Waals surface area (Å²) in [4.78, 5) is 26.4. The summed E-state index contributed by atoms with van der Waals surface area (Å²) in [6.45, 7) is 2.46. The molecule has 2 aromatic carbocycles. The second-order valence-electron chi connectivity index (χ2n) is 7.58. The molecular formula is C21H20F2N6O. The lowest BCUT2D eigenvalue weighted by atomic mass is 10.1. The highest BCUT2D eigenvalue weighted by atomic mass is 19.1. The molecular weight excluding hydrogens is 390 g/mol. The Morgan fingerprint density at radius 3 is 2.57 bits per heavy atom. The Hall–Kier alpha value is -3.46. The van der Waals surface area contributed by atoms with Crippen LogP contribution in [0.4, 0.5) is 20.2 Å². The van der Waals surface area contributed by atoms with Gasteiger partial charge in [-0.15, -0.1) is 0 Å². The van der Waals surface area contributed by atoms with Crippen LogP contribution in [0, 0.1) is 11.6 Å². The summed E-state index contributed by atoms with van der Waals surface area (Å²) in [5.41, 5.74) is 6.77. The maximum absolute atomic E-state index is 15.3. The fraction of sp³-hybridized carbons (Fsp3) is 0.238. The average molecular weight is 410 g/mol. The van der Waals surface area contributed by atoms with Gasteiger partial charge < -0.3 is 25.5 Å². The number of anilines is 2. The van der Waals surface area contributed by atoms with Gasteiger partial charge in [0.2, 0.25) is 0 Å². The van der Waals surface area contributed by atoms with E-state index in [9.17, 15) is 9.18 Å². The van der Waals surface area contributed by atoms with Gasteiger partial charge in [-0.25, -0.2) is 13.8 Å². The molecule has 7 nitrogen and oxygen atoms in total. The number of nitrogen functional groups attached to an aromatic ring is 1. The summed E-state index contributed by atoms with van der Waals surface area (Å²) in [6, 6.07) is 8.33. The fourth-order valence-corrected chi connectivity index (χ4v) is 4.01. The van der Waals surface area contributed by atoms with Gasteiger partial charge >= 0.3 is 0 Å². The van der Waals surface area contributed by atoms with Crippen LogP contribution in [0.15, 0.2) is 35.1 Å². The van der Waals surface area contributed by atoms with Gasteiger partial charge in [0.05, 0.1) is 16.7 Å². The molecule has 9 heteroatoms. The standard InChI is InChI=1S/C21H20F2N6O/c1-28-6-8-29(9-7-28)19-12(22)10-14-18(16(19)23)27-20(25-14)15-17(24)11-4-2-3-5-13(11)26-21(15)30/h2-5,10H,6-9H2,1H3,(H,25,27)(H3,24,26,30). The predicted octanol–water partition coefficient (Wildman–Crippen LogP) is 2.68. The summed E-state index contributed by atoms with van der Waals surface area (Å²) in [5, 5.41) is 0.650. The number of nitrogens with zero attached hydrogens (tertiary/aromatic N) is 3. The smallest absolute Gasteiger partial charge is 0.261 e. The summed E-state index contributed by atoms with van der Waals surface area (Å²) in [5.74, 6) is -1.31. The van der Waals surface area contributed by atoms with E-state index in [1.165, 1.54) is 6.07 Å². The first-order valence-electron chi connectivity index (χ1n) is 9.66. The van der Waals surface area contributed by atoms with Crippen LogP contribution in [-0.2, 0) is 0 Å². The van der Waals surface area contributed by atoms with Crippen molar-refractivity contribution in [2.75, 3.05) is 43.9 Å². The lowest BCUT2D eigenvalue weighted by molar-refractivity contribution is 0.310. The number of rotatable bonds is 2. The Balaban J connectivity index is 1.67. The normalized spacial score (nSPS) is 15.4. The van der Waals surface area contributed by atoms with Gasteiger partial charge in [0.15, 0.2) is 11.6 Å². The van der Waals surface area contributed by atoms with E-state index < -0.39 is 17.2 Å². The van der Waals surface area contributed by atoms with Crippen molar-refractivity contribution in [1.29, 1.82) is 0 Å². The Labute approximate surface area is 170 Å². The molecule has 1 fully saturated rings. The molecule has 3 heterocycles. The van der Waals surface area contributed by atoms with Gasteiger partial charge in [-0.1, -0.05) is 18.2 Å². The quantitative estimate of drug-likeness (QED) is 0.472. The van der Waals surface area contributed by atoms with Crippen LogP contribution in [0.5, 0.6) is 0 Å². The number of H-pyrrole nitrogens is 2. The molecule has 1 saturated heterocycles. The second kappa shape index (κ2) is 6.81. The third-order valence-corrected chi connectivity index (χ3v) is 5.66. The number of fused-ring (bicyclic) bond motifs is 2. The van der Waals surface area contributed by atoms with Crippen LogP contribution in [0.1, 0.15) is 0 Å². The number of aromatic amines is 2. The first-order chi connectivity index (χ1) is 14.4. The van der Waals surface area contributed by atoms with Crippen molar-refractivity contribution in [1.82, 2.24) is 19.9 Å². The van der Waals surface area contributed by atoms with E-state index in [0.717, 1.165) is 0 Å². The monoisotopic (exact) mass is 410 g/mol. The first kappa shape index (κ1) is 18.6. The van der Waals surface area contributed by atoms with Crippen LogP contribution >= 0.6 is 0 Å². The second-order valence-corrected chi connectivity index (χ2v) is 7.58. The van der Waals surface area contributed by atoms with Crippen molar-refractivity contribution in [3.05, 3.63) is 52.3 Å². The van der Waals surface area contributed by atoms with Gasteiger partial charge in [-0.05, 0) is 13.1 Å². The van der Waals surface area contributed by atoms with Crippen LogP contribution in [0.2, 0.25) is 0 Å². The van der Waals surface area contributed by atoms with E-state index in [-0.39, 0.29) is 33.8 Å². The highest BCUT2D eigenvalue weighted by Gasteiger charge is 2.25. The van der Waals surface area contributed by atoms with Crippen LogP contribution in [0.25, 0.3) is 33.3 Å².